The number of amides is 1. The van der Waals surface area contributed by atoms with E-state index >= 15 is 0 Å². The van der Waals surface area contributed by atoms with E-state index in [1.165, 1.54) is 0 Å². The Morgan fingerprint density at radius 1 is 1.50 bits per heavy atom. The predicted molar refractivity (Wildman–Crippen MR) is 73.1 cm³/mol. The Morgan fingerprint density at radius 2 is 2.25 bits per heavy atom. The van der Waals surface area contributed by atoms with Gasteiger partial charge in [-0.1, -0.05) is 25.1 Å². The predicted octanol–water partition coefficient (Wildman–Crippen LogP) is 2.14. The molecule has 6 nitrogen and oxygen atoms in total. The summed E-state index contributed by atoms with van der Waals surface area (Å²) in [6, 6.07) is 5.08. The lowest BCUT2D eigenvalue weighted by Crippen LogP contribution is -2.36. The highest BCUT2D eigenvalue weighted by Gasteiger charge is 2.24. The van der Waals surface area contributed by atoms with Crippen molar-refractivity contribution in [3.05, 3.63) is 39.9 Å². The molecular formula is C13H14N2O4S. The van der Waals surface area contributed by atoms with Gasteiger partial charge < -0.3 is 14.9 Å². The smallest absolute Gasteiger partial charge is 0.374 e. The summed E-state index contributed by atoms with van der Waals surface area (Å²) in [6.07, 6.45) is 0. The number of carboxylic acid groups (broad SMARTS) is 1. The van der Waals surface area contributed by atoms with E-state index in [-0.39, 0.29) is 16.9 Å². The second-order valence-electron chi connectivity index (χ2n) is 4.93. The normalized spacial score (nSPS) is 11.3. The molecule has 0 fully saturated rings. The summed E-state index contributed by atoms with van der Waals surface area (Å²) in [6.45, 7) is 4.46. The van der Waals surface area contributed by atoms with Gasteiger partial charge in [0.15, 0.2) is 5.69 Å². The molecule has 0 spiro atoms. The van der Waals surface area contributed by atoms with Crippen LogP contribution in [0.4, 0.5) is 0 Å². The molecule has 2 aromatic heterocycles. The van der Waals surface area contributed by atoms with Crippen molar-refractivity contribution >= 4 is 23.2 Å². The first-order chi connectivity index (χ1) is 9.40. The largest absolute Gasteiger partial charge is 0.475 e. The number of nitrogens with zero attached hydrogens (tertiary/aromatic N) is 1. The van der Waals surface area contributed by atoms with E-state index in [9.17, 15) is 9.59 Å². The summed E-state index contributed by atoms with van der Waals surface area (Å²) >= 11 is 1.62. The van der Waals surface area contributed by atoms with Crippen LogP contribution in [0, 0.1) is 0 Å². The highest BCUT2D eigenvalue weighted by molar-refractivity contribution is 7.10. The molecular weight excluding hydrogens is 280 g/mol. The van der Waals surface area contributed by atoms with E-state index in [2.05, 4.69) is 15.0 Å². The van der Waals surface area contributed by atoms with Gasteiger partial charge in [0, 0.05) is 22.9 Å². The third-order valence-electron chi connectivity index (χ3n) is 2.83. The molecule has 0 aliphatic carbocycles. The molecule has 0 atom stereocenters. The maximum Gasteiger partial charge on any atom is 0.374 e. The Kier molecular flexibility index (Phi) is 3.89. The second-order valence-corrected chi connectivity index (χ2v) is 5.87. The maximum absolute atomic E-state index is 11.9. The van der Waals surface area contributed by atoms with Gasteiger partial charge in [-0.3, -0.25) is 4.79 Å². The standard InChI is InChI=1S/C13H14N2O4S/c1-13(2,10-4-3-5-20-10)7-14-11(16)8-6-9(12(17)18)19-15-8/h3-6H,7H2,1-2H3,(H,14,16)(H,17,18). The zero-order valence-corrected chi connectivity index (χ0v) is 11.9. The molecule has 2 aromatic rings. The summed E-state index contributed by atoms with van der Waals surface area (Å²) in [5, 5.41) is 16.8. The monoisotopic (exact) mass is 294 g/mol. The number of thiophene rings is 1. The zero-order chi connectivity index (χ0) is 14.8. The number of nitrogens with one attached hydrogen (secondary N) is 1. The number of rotatable bonds is 5. The Morgan fingerprint density at radius 3 is 2.80 bits per heavy atom. The van der Waals surface area contributed by atoms with Gasteiger partial charge in [0.2, 0.25) is 5.76 Å². The Bertz CT molecular complexity index is 616. The van der Waals surface area contributed by atoms with Crippen LogP contribution in [0.5, 0.6) is 0 Å². The lowest BCUT2D eigenvalue weighted by atomic mass is 9.91. The van der Waals surface area contributed by atoms with Crippen molar-refractivity contribution < 1.29 is 19.2 Å². The molecule has 0 aliphatic rings. The second kappa shape index (κ2) is 5.46. The van der Waals surface area contributed by atoms with Crippen LogP contribution in [0.15, 0.2) is 28.1 Å². The number of aromatic nitrogens is 1. The van der Waals surface area contributed by atoms with Crippen LogP contribution in [-0.4, -0.2) is 28.7 Å². The minimum atomic E-state index is -1.25. The Balaban J connectivity index is 1.99. The fourth-order valence-corrected chi connectivity index (χ4v) is 2.48. The van der Waals surface area contributed by atoms with Crippen LogP contribution in [0.25, 0.3) is 0 Å². The first-order valence-corrected chi connectivity index (χ1v) is 6.80. The lowest BCUT2D eigenvalue weighted by molar-refractivity contribution is 0.0651. The number of hydrogen-bond acceptors (Lipinski definition) is 5. The fraction of sp³-hybridized carbons (Fsp3) is 0.308. The molecule has 2 heterocycles. The number of carbonyl (C=O) groups is 2. The van der Waals surface area contributed by atoms with Crippen LogP contribution in [0.1, 0.15) is 39.8 Å². The molecule has 106 valence electrons. The van der Waals surface area contributed by atoms with E-state index in [1.54, 1.807) is 11.3 Å². The van der Waals surface area contributed by atoms with Gasteiger partial charge in [-0.25, -0.2) is 4.79 Å². The van der Waals surface area contributed by atoms with Crippen LogP contribution in [-0.2, 0) is 5.41 Å². The number of carbonyl (C=O) groups excluding carboxylic acids is 1. The lowest BCUT2D eigenvalue weighted by Gasteiger charge is -2.23. The Hall–Kier alpha value is -2.15. The minimum Gasteiger partial charge on any atom is -0.475 e. The number of aromatic carboxylic acids is 1. The average molecular weight is 294 g/mol. The van der Waals surface area contributed by atoms with Gasteiger partial charge in [-0.2, -0.15) is 0 Å². The summed E-state index contributed by atoms with van der Waals surface area (Å²) in [4.78, 5) is 23.7. The Labute approximate surface area is 119 Å². The molecule has 0 saturated heterocycles. The molecule has 1 amide bonds. The van der Waals surface area contributed by atoms with Gasteiger partial charge in [-0.05, 0) is 11.4 Å². The molecule has 2 rings (SSSR count). The average Bonchev–Trinajstić information content (AvgIpc) is 3.06. The summed E-state index contributed by atoms with van der Waals surface area (Å²) in [5.74, 6) is -2.06. The molecule has 0 aliphatic heterocycles. The molecule has 0 unspecified atom stereocenters. The van der Waals surface area contributed by atoms with Gasteiger partial charge in [0.05, 0.1) is 0 Å². The van der Waals surface area contributed by atoms with E-state index in [0.717, 1.165) is 10.9 Å². The van der Waals surface area contributed by atoms with Crippen LogP contribution in [0.3, 0.4) is 0 Å². The van der Waals surface area contributed by atoms with Gasteiger partial charge in [-0.15, -0.1) is 11.3 Å². The first-order valence-electron chi connectivity index (χ1n) is 5.92. The van der Waals surface area contributed by atoms with E-state index in [4.69, 9.17) is 5.11 Å². The molecule has 0 radical (unpaired) electrons. The molecule has 20 heavy (non-hydrogen) atoms. The third-order valence-corrected chi connectivity index (χ3v) is 4.07. The SMILES string of the molecule is CC(C)(CNC(=O)c1cc(C(=O)O)on1)c1cccs1. The zero-order valence-electron chi connectivity index (χ0n) is 11.0. The van der Waals surface area contributed by atoms with E-state index in [0.29, 0.717) is 6.54 Å². The molecule has 0 bridgehead atoms. The van der Waals surface area contributed by atoms with Crippen molar-refractivity contribution in [1.29, 1.82) is 0 Å². The minimum absolute atomic E-state index is 0.0376. The van der Waals surface area contributed by atoms with Crippen LogP contribution in [0.2, 0.25) is 0 Å². The topological polar surface area (TPSA) is 92.4 Å². The molecule has 7 heteroatoms. The third kappa shape index (κ3) is 3.05. The highest BCUT2D eigenvalue weighted by atomic mass is 32.1. The fourth-order valence-electron chi connectivity index (χ4n) is 1.63. The first kappa shape index (κ1) is 14.3. The number of hydrogen-bond donors (Lipinski definition) is 2. The van der Waals surface area contributed by atoms with Gasteiger partial charge >= 0.3 is 5.97 Å². The number of carboxylic acids is 1. The highest BCUT2D eigenvalue weighted by Crippen LogP contribution is 2.26. The molecule has 2 N–H and O–H groups in total. The van der Waals surface area contributed by atoms with Crippen LogP contribution < -0.4 is 5.32 Å². The molecule has 0 aromatic carbocycles. The van der Waals surface area contributed by atoms with Crippen molar-refractivity contribution in [2.75, 3.05) is 6.54 Å². The van der Waals surface area contributed by atoms with Crippen molar-refractivity contribution in [3.8, 4) is 0 Å². The van der Waals surface area contributed by atoms with Crippen LogP contribution >= 0.6 is 11.3 Å². The van der Waals surface area contributed by atoms with Gasteiger partial charge in [0.25, 0.3) is 5.91 Å². The summed E-state index contributed by atoms with van der Waals surface area (Å²) < 4.78 is 4.54. The molecule has 0 saturated carbocycles. The van der Waals surface area contributed by atoms with Crippen molar-refractivity contribution in [2.45, 2.75) is 19.3 Å². The quantitative estimate of drug-likeness (QED) is 0.881. The van der Waals surface area contributed by atoms with E-state index < -0.39 is 11.9 Å². The van der Waals surface area contributed by atoms with Gasteiger partial charge in [0.1, 0.15) is 0 Å². The van der Waals surface area contributed by atoms with E-state index in [1.807, 2.05) is 31.4 Å². The summed E-state index contributed by atoms with van der Waals surface area (Å²) in [7, 11) is 0. The van der Waals surface area contributed by atoms with Crippen molar-refractivity contribution in [3.63, 3.8) is 0 Å². The maximum atomic E-state index is 11.9. The summed E-state index contributed by atoms with van der Waals surface area (Å²) in [5.41, 5.74) is -0.243. The van der Waals surface area contributed by atoms with Crippen molar-refractivity contribution in [1.82, 2.24) is 10.5 Å². The van der Waals surface area contributed by atoms with Crippen molar-refractivity contribution in [2.24, 2.45) is 0 Å².